The molecule has 0 bridgehead atoms. The second-order valence-corrected chi connectivity index (χ2v) is 4.39. The first kappa shape index (κ1) is 13.4. The molecule has 0 aliphatic carbocycles. The van der Waals surface area contributed by atoms with E-state index in [0.717, 1.165) is 13.0 Å². The van der Waals surface area contributed by atoms with Gasteiger partial charge < -0.3 is 10.0 Å². The predicted octanol–water partition coefficient (Wildman–Crippen LogP) is 1.65. The van der Waals surface area contributed by atoms with E-state index < -0.39 is 0 Å². The Hall–Kier alpha value is -0.570. The van der Waals surface area contributed by atoms with Gasteiger partial charge in [-0.15, -0.1) is 0 Å². The average Bonchev–Trinajstić information content (AvgIpc) is 2.09. The van der Waals surface area contributed by atoms with Gasteiger partial charge in [-0.3, -0.25) is 4.79 Å². The Bertz CT molecular complexity index is 167. The van der Waals surface area contributed by atoms with Crippen molar-refractivity contribution in [3.8, 4) is 0 Å². The molecular weight excluding hydrogens is 178 g/mol. The molecule has 0 aliphatic heterocycles. The number of nitrogens with zero attached hydrogens (tertiary/aromatic N) is 1. The maximum Gasteiger partial charge on any atom is 0.222 e. The third-order valence-electron chi connectivity index (χ3n) is 2.24. The summed E-state index contributed by atoms with van der Waals surface area (Å²) in [5.41, 5.74) is 0. The van der Waals surface area contributed by atoms with Crippen molar-refractivity contribution >= 4 is 5.91 Å². The maximum atomic E-state index is 11.5. The zero-order chi connectivity index (χ0) is 11.1. The molecule has 3 nitrogen and oxygen atoms in total. The summed E-state index contributed by atoms with van der Waals surface area (Å²) in [6.07, 6.45) is 1.67. The minimum atomic E-state index is -0.377. The van der Waals surface area contributed by atoms with E-state index >= 15 is 0 Å². The van der Waals surface area contributed by atoms with Crippen molar-refractivity contribution < 1.29 is 9.90 Å². The molecule has 0 aromatic heterocycles. The lowest BCUT2D eigenvalue weighted by Crippen LogP contribution is -2.28. The zero-order valence-corrected chi connectivity index (χ0v) is 9.79. The molecule has 1 unspecified atom stereocenters. The Labute approximate surface area is 87.1 Å². The van der Waals surface area contributed by atoms with Gasteiger partial charge in [-0.05, 0) is 25.7 Å². The Morgan fingerprint density at radius 3 is 2.29 bits per heavy atom. The number of carbonyl (C=O) groups excluding carboxylic acids is 1. The van der Waals surface area contributed by atoms with Crippen molar-refractivity contribution in [3.05, 3.63) is 0 Å². The number of rotatable bonds is 6. The van der Waals surface area contributed by atoms with Gasteiger partial charge in [0.2, 0.25) is 5.91 Å². The van der Waals surface area contributed by atoms with Crippen LogP contribution in [0.15, 0.2) is 0 Å². The summed E-state index contributed by atoms with van der Waals surface area (Å²) >= 11 is 0. The topological polar surface area (TPSA) is 40.5 Å². The molecular formula is C11H23NO2. The van der Waals surface area contributed by atoms with Gasteiger partial charge >= 0.3 is 0 Å². The second kappa shape index (κ2) is 6.82. The molecule has 3 heteroatoms. The first-order chi connectivity index (χ1) is 6.43. The molecule has 1 amide bonds. The van der Waals surface area contributed by atoms with Gasteiger partial charge in [0.1, 0.15) is 0 Å². The standard InChI is InChI=1S/C11H23NO2/c1-9(2)7-8-12(4)11(14)6-5-10(3)13/h9-10,13H,5-8H2,1-4H3. The van der Waals surface area contributed by atoms with Crippen LogP contribution >= 0.6 is 0 Å². The molecule has 0 radical (unpaired) electrons. The lowest BCUT2D eigenvalue weighted by Gasteiger charge is -2.18. The SMILES string of the molecule is CC(C)CCN(C)C(=O)CCC(C)O. The highest BCUT2D eigenvalue weighted by Gasteiger charge is 2.09. The van der Waals surface area contributed by atoms with Gasteiger partial charge in [0.25, 0.3) is 0 Å². The molecule has 0 aromatic carbocycles. The van der Waals surface area contributed by atoms with Gasteiger partial charge in [-0.1, -0.05) is 13.8 Å². The molecule has 1 atom stereocenters. The highest BCUT2D eigenvalue weighted by atomic mass is 16.3. The van der Waals surface area contributed by atoms with Gasteiger partial charge in [0.05, 0.1) is 6.10 Å². The van der Waals surface area contributed by atoms with E-state index in [4.69, 9.17) is 5.11 Å². The van der Waals surface area contributed by atoms with Crippen LogP contribution in [0.1, 0.15) is 40.0 Å². The summed E-state index contributed by atoms with van der Waals surface area (Å²) in [6.45, 7) is 6.82. The fraction of sp³-hybridized carbons (Fsp3) is 0.909. The lowest BCUT2D eigenvalue weighted by molar-refractivity contribution is -0.130. The molecule has 0 heterocycles. The lowest BCUT2D eigenvalue weighted by atomic mass is 10.1. The van der Waals surface area contributed by atoms with Crippen LogP contribution in [0.3, 0.4) is 0 Å². The fourth-order valence-corrected chi connectivity index (χ4v) is 1.10. The minimum Gasteiger partial charge on any atom is -0.393 e. The summed E-state index contributed by atoms with van der Waals surface area (Å²) in [7, 11) is 1.83. The fourth-order valence-electron chi connectivity index (χ4n) is 1.10. The normalized spacial score (nSPS) is 13.0. The largest absolute Gasteiger partial charge is 0.393 e. The molecule has 0 aromatic rings. The van der Waals surface area contributed by atoms with E-state index in [1.54, 1.807) is 11.8 Å². The molecule has 0 spiro atoms. The van der Waals surface area contributed by atoms with Gasteiger partial charge in [0, 0.05) is 20.0 Å². The summed E-state index contributed by atoms with van der Waals surface area (Å²) in [4.78, 5) is 13.2. The van der Waals surface area contributed by atoms with Crippen LogP contribution in [-0.2, 0) is 4.79 Å². The Morgan fingerprint density at radius 1 is 1.29 bits per heavy atom. The van der Waals surface area contributed by atoms with E-state index in [-0.39, 0.29) is 12.0 Å². The first-order valence-corrected chi connectivity index (χ1v) is 5.35. The minimum absolute atomic E-state index is 0.131. The molecule has 1 N–H and O–H groups in total. The Kier molecular flexibility index (Phi) is 6.54. The zero-order valence-electron chi connectivity index (χ0n) is 9.79. The molecule has 0 rings (SSSR count). The van der Waals surface area contributed by atoms with Crippen molar-refractivity contribution in [1.82, 2.24) is 4.90 Å². The Morgan fingerprint density at radius 2 is 1.86 bits per heavy atom. The van der Waals surface area contributed by atoms with Crippen LogP contribution in [0.4, 0.5) is 0 Å². The number of hydrogen-bond acceptors (Lipinski definition) is 2. The van der Waals surface area contributed by atoms with E-state index in [9.17, 15) is 4.79 Å². The number of aliphatic hydroxyl groups excluding tert-OH is 1. The third-order valence-corrected chi connectivity index (χ3v) is 2.24. The summed E-state index contributed by atoms with van der Waals surface area (Å²) < 4.78 is 0. The van der Waals surface area contributed by atoms with Gasteiger partial charge in [0.15, 0.2) is 0 Å². The molecule has 0 saturated heterocycles. The third kappa shape index (κ3) is 6.89. The van der Waals surface area contributed by atoms with Crippen molar-refractivity contribution in [3.63, 3.8) is 0 Å². The Balaban J connectivity index is 3.65. The van der Waals surface area contributed by atoms with Gasteiger partial charge in [-0.2, -0.15) is 0 Å². The van der Waals surface area contributed by atoms with Crippen LogP contribution in [0.25, 0.3) is 0 Å². The van der Waals surface area contributed by atoms with Gasteiger partial charge in [-0.25, -0.2) is 0 Å². The molecule has 14 heavy (non-hydrogen) atoms. The quantitative estimate of drug-likeness (QED) is 0.710. The van der Waals surface area contributed by atoms with Crippen LogP contribution < -0.4 is 0 Å². The molecule has 0 fully saturated rings. The number of aliphatic hydroxyl groups is 1. The van der Waals surface area contributed by atoms with Crippen molar-refractivity contribution in [1.29, 1.82) is 0 Å². The monoisotopic (exact) mass is 201 g/mol. The highest BCUT2D eigenvalue weighted by Crippen LogP contribution is 2.04. The highest BCUT2D eigenvalue weighted by molar-refractivity contribution is 5.75. The van der Waals surface area contributed by atoms with Crippen LogP contribution in [0.5, 0.6) is 0 Å². The number of amides is 1. The maximum absolute atomic E-state index is 11.5. The molecule has 84 valence electrons. The van der Waals surface area contributed by atoms with E-state index in [1.807, 2.05) is 7.05 Å². The first-order valence-electron chi connectivity index (χ1n) is 5.35. The van der Waals surface area contributed by atoms with Crippen LogP contribution in [0, 0.1) is 5.92 Å². The van der Waals surface area contributed by atoms with Crippen molar-refractivity contribution in [2.45, 2.75) is 46.1 Å². The van der Waals surface area contributed by atoms with Crippen molar-refractivity contribution in [2.24, 2.45) is 5.92 Å². The van der Waals surface area contributed by atoms with Crippen LogP contribution in [-0.4, -0.2) is 35.6 Å². The van der Waals surface area contributed by atoms with Crippen molar-refractivity contribution in [2.75, 3.05) is 13.6 Å². The second-order valence-electron chi connectivity index (χ2n) is 4.39. The molecule has 0 aliphatic rings. The predicted molar refractivity (Wildman–Crippen MR) is 58.0 cm³/mol. The smallest absolute Gasteiger partial charge is 0.222 e. The summed E-state index contributed by atoms with van der Waals surface area (Å²) in [5, 5.41) is 9.03. The van der Waals surface area contributed by atoms with E-state index in [0.29, 0.717) is 18.8 Å². The molecule has 0 saturated carbocycles. The summed E-state index contributed by atoms with van der Waals surface area (Å²) in [5.74, 6) is 0.758. The van der Waals surface area contributed by atoms with E-state index in [2.05, 4.69) is 13.8 Å². The van der Waals surface area contributed by atoms with Crippen LogP contribution in [0.2, 0.25) is 0 Å². The summed E-state index contributed by atoms with van der Waals surface area (Å²) in [6, 6.07) is 0. The number of hydrogen-bond donors (Lipinski definition) is 1. The average molecular weight is 201 g/mol. The number of carbonyl (C=O) groups is 1. The van der Waals surface area contributed by atoms with E-state index in [1.165, 1.54) is 0 Å².